The van der Waals surface area contributed by atoms with Gasteiger partial charge < -0.3 is 14.4 Å². The van der Waals surface area contributed by atoms with E-state index >= 15 is 0 Å². The molecule has 184 valence electrons. The van der Waals surface area contributed by atoms with Crippen molar-refractivity contribution in [2.24, 2.45) is 0 Å². The molecule has 0 saturated carbocycles. The monoisotopic (exact) mass is 507 g/mol. The maximum absolute atomic E-state index is 12.8. The number of carbonyl (C=O) groups is 1. The van der Waals surface area contributed by atoms with Crippen LogP contribution in [0.3, 0.4) is 0 Å². The highest BCUT2D eigenvalue weighted by Crippen LogP contribution is 2.21. The predicted octanol–water partition coefficient (Wildman–Crippen LogP) is 5.59. The predicted molar refractivity (Wildman–Crippen MR) is 147 cm³/mol. The molecule has 5 rings (SSSR count). The molecule has 1 amide bonds. The standard InChI is InChI=1S/C30H26ClN5O/c31-28-18-24(16-26(19-28)21-34-11-10-33-22-34)5-4-23-6-8-29(9-7-23)35-12-14-36(15-13-35)30(37)27-3-1-2-25(17-27)20-32/h1-11,16-19,22H,12-15,21H2/b5-4+. The fraction of sp³-hybridized carbons (Fsp3) is 0.167. The largest absolute Gasteiger partial charge is 0.368 e. The Labute approximate surface area is 221 Å². The Kier molecular flexibility index (Phi) is 7.34. The van der Waals surface area contributed by atoms with Crippen molar-refractivity contribution in [2.45, 2.75) is 6.54 Å². The highest BCUT2D eigenvalue weighted by Gasteiger charge is 2.22. The lowest BCUT2D eigenvalue weighted by atomic mass is 10.1. The SMILES string of the molecule is N#Cc1cccc(C(=O)N2CCN(c3ccc(/C=C/c4cc(Cl)cc(Cn5ccnc5)c4)cc3)CC2)c1. The molecule has 3 aromatic carbocycles. The lowest BCUT2D eigenvalue weighted by molar-refractivity contribution is 0.0746. The van der Waals surface area contributed by atoms with E-state index in [0.29, 0.717) is 29.2 Å². The van der Waals surface area contributed by atoms with E-state index in [1.54, 1.807) is 36.8 Å². The smallest absolute Gasteiger partial charge is 0.254 e. The van der Waals surface area contributed by atoms with Crippen LogP contribution < -0.4 is 4.90 Å². The molecule has 0 spiro atoms. The minimum atomic E-state index is -0.0218. The van der Waals surface area contributed by atoms with Crippen molar-refractivity contribution in [3.63, 3.8) is 0 Å². The third kappa shape index (κ3) is 6.08. The number of piperazine rings is 1. The van der Waals surface area contributed by atoms with Crippen molar-refractivity contribution in [3.05, 3.63) is 118 Å². The van der Waals surface area contributed by atoms with Gasteiger partial charge in [0.2, 0.25) is 0 Å². The number of nitrogens with zero attached hydrogens (tertiary/aromatic N) is 5. The zero-order valence-electron chi connectivity index (χ0n) is 20.3. The number of hydrogen-bond acceptors (Lipinski definition) is 4. The summed E-state index contributed by atoms with van der Waals surface area (Å²) >= 11 is 6.36. The lowest BCUT2D eigenvalue weighted by Gasteiger charge is -2.36. The van der Waals surface area contributed by atoms with Gasteiger partial charge in [0.25, 0.3) is 5.91 Å². The third-order valence-electron chi connectivity index (χ3n) is 6.44. The van der Waals surface area contributed by atoms with Gasteiger partial charge >= 0.3 is 0 Å². The summed E-state index contributed by atoms with van der Waals surface area (Å²) in [5.74, 6) is -0.0218. The fourth-order valence-electron chi connectivity index (χ4n) is 4.51. The second-order valence-corrected chi connectivity index (χ2v) is 9.46. The van der Waals surface area contributed by atoms with E-state index in [2.05, 4.69) is 58.4 Å². The van der Waals surface area contributed by atoms with E-state index < -0.39 is 0 Å². The number of carbonyl (C=O) groups excluding carboxylic acids is 1. The second-order valence-electron chi connectivity index (χ2n) is 9.02. The molecule has 1 aromatic heterocycles. The quantitative estimate of drug-likeness (QED) is 0.319. The van der Waals surface area contributed by atoms with E-state index in [1.165, 1.54) is 0 Å². The Bertz CT molecular complexity index is 1450. The first kappa shape index (κ1) is 24.4. The van der Waals surface area contributed by atoms with Gasteiger partial charge in [-0.3, -0.25) is 4.79 Å². The van der Waals surface area contributed by atoms with Crippen LogP contribution in [0.25, 0.3) is 12.2 Å². The molecule has 1 aliphatic heterocycles. The summed E-state index contributed by atoms with van der Waals surface area (Å²) in [5, 5.41) is 9.81. The molecule has 0 bridgehead atoms. The van der Waals surface area contributed by atoms with Crippen LogP contribution in [0.4, 0.5) is 5.69 Å². The Balaban J connectivity index is 1.19. The first-order valence-electron chi connectivity index (χ1n) is 12.2. The molecule has 1 fully saturated rings. The molecule has 1 saturated heterocycles. The number of aromatic nitrogens is 2. The number of anilines is 1. The molecule has 6 nitrogen and oxygen atoms in total. The Morgan fingerprint density at radius 3 is 2.49 bits per heavy atom. The fourth-order valence-corrected chi connectivity index (χ4v) is 4.78. The zero-order valence-corrected chi connectivity index (χ0v) is 21.1. The van der Waals surface area contributed by atoms with Crippen molar-refractivity contribution in [1.29, 1.82) is 5.26 Å². The Morgan fingerprint density at radius 1 is 0.973 bits per heavy atom. The number of imidazole rings is 1. The summed E-state index contributed by atoms with van der Waals surface area (Å²) in [5.41, 5.74) is 5.48. The second kappa shape index (κ2) is 11.2. The number of halogens is 1. The van der Waals surface area contributed by atoms with Gasteiger partial charge in [-0.05, 0) is 65.2 Å². The molecular formula is C30H26ClN5O. The first-order chi connectivity index (χ1) is 18.1. The molecule has 7 heteroatoms. The van der Waals surface area contributed by atoms with Crippen LogP contribution in [0.1, 0.15) is 32.6 Å². The summed E-state index contributed by atoms with van der Waals surface area (Å²) in [6.07, 6.45) is 9.66. The van der Waals surface area contributed by atoms with Crippen molar-refractivity contribution >= 4 is 35.3 Å². The number of amides is 1. The van der Waals surface area contributed by atoms with E-state index in [-0.39, 0.29) is 5.91 Å². The molecule has 0 atom stereocenters. The van der Waals surface area contributed by atoms with Gasteiger partial charge in [-0.15, -0.1) is 0 Å². The van der Waals surface area contributed by atoms with Gasteiger partial charge in [-0.1, -0.05) is 42.0 Å². The molecule has 4 aromatic rings. The van der Waals surface area contributed by atoms with E-state index in [1.807, 2.05) is 27.8 Å². The van der Waals surface area contributed by atoms with Gasteiger partial charge in [0.15, 0.2) is 0 Å². The van der Waals surface area contributed by atoms with Gasteiger partial charge in [0.1, 0.15) is 0 Å². The van der Waals surface area contributed by atoms with E-state index in [0.717, 1.165) is 42.0 Å². The van der Waals surface area contributed by atoms with Crippen molar-refractivity contribution in [3.8, 4) is 6.07 Å². The van der Waals surface area contributed by atoms with Crippen LogP contribution in [0.2, 0.25) is 5.02 Å². The molecule has 0 N–H and O–H groups in total. The lowest BCUT2D eigenvalue weighted by Crippen LogP contribution is -2.48. The Hall–Kier alpha value is -4.34. The molecule has 37 heavy (non-hydrogen) atoms. The van der Waals surface area contributed by atoms with E-state index in [9.17, 15) is 4.79 Å². The zero-order chi connectivity index (χ0) is 25.6. The summed E-state index contributed by atoms with van der Waals surface area (Å²) in [7, 11) is 0. The minimum absolute atomic E-state index is 0.0218. The Morgan fingerprint density at radius 2 is 1.76 bits per heavy atom. The van der Waals surface area contributed by atoms with Gasteiger partial charge in [0.05, 0.1) is 18.0 Å². The number of rotatable bonds is 6. The maximum atomic E-state index is 12.8. The number of benzene rings is 3. The number of hydrogen-bond donors (Lipinski definition) is 0. The van der Waals surface area contributed by atoms with Crippen LogP contribution in [0.15, 0.2) is 85.5 Å². The van der Waals surface area contributed by atoms with Crippen molar-refractivity contribution in [1.82, 2.24) is 14.5 Å². The summed E-state index contributed by atoms with van der Waals surface area (Å²) in [6.45, 7) is 3.55. The normalized spacial score (nSPS) is 13.6. The molecular weight excluding hydrogens is 482 g/mol. The maximum Gasteiger partial charge on any atom is 0.254 e. The molecule has 2 heterocycles. The van der Waals surface area contributed by atoms with Crippen LogP contribution in [-0.2, 0) is 6.54 Å². The number of nitriles is 1. The van der Waals surface area contributed by atoms with Gasteiger partial charge in [0, 0.05) is 61.4 Å². The van der Waals surface area contributed by atoms with Crippen LogP contribution in [0, 0.1) is 11.3 Å². The molecule has 0 unspecified atom stereocenters. The minimum Gasteiger partial charge on any atom is -0.368 e. The molecule has 0 radical (unpaired) electrons. The average molecular weight is 508 g/mol. The van der Waals surface area contributed by atoms with Gasteiger partial charge in [-0.25, -0.2) is 4.98 Å². The summed E-state index contributed by atoms with van der Waals surface area (Å²) in [4.78, 5) is 21.1. The topological polar surface area (TPSA) is 65.2 Å². The van der Waals surface area contributed by atoms with Crippen molar-refractivity contribution in [2.75, 3.05) is 31.1 Å². The van der Waals surface area contributed by atoms with Crippen LogP contribution in [-0.4, -0.2) is 46.5 Å². The first-order valence-corrected chi connectivity index (χ1v) is 12.5. The highest BCUT2D eigenvalue weighted by atomic mass is 35.5. The summed E-state index contributed by atoms with van der Waals surface area (Å²) in [6, 6.07) is 23.5. The average Bonchev–Trinajstić information content (AvgIpc) is 3.45. The summed E-state index contributed by atoms with van der Waals surface area (Å²) < 4.78 is 2.01. The van der Waals surface area contributed by atoms with Gasteiger partial charge in [-0.2, -0.15) is 5.26 Å². The van der Waals surface area contributed by atoms with Crippen LogP contribution >= 0.6 is 11.6 Å². The van der Waals surface area contributed by atoms with Crippen LogP contribution in [0.5, 0.6) is 0 Å². The highest BCUT2D eigenvalue weighted by molar-refractivity contribution is 6.30. The van der Waals surface area contributed by atoms with E-state index in [4.69, 9.17) is 16.9 Å². The van der Waals surface area contributed by atoms with Crippen molar-refractivity contribution < 1.29 is 4.79 Å². The molecule has 1 aliphatic rings. The third-order valence-corrected chi connectivity index (χ3v) is 6.65. The molecule has 0 aliphatic carbocycles.